The summed E-state index contributed by atoms with van der Waals surface area (Å²) in [6.45, 7) is 9.24. The SMILES string of the molecule is [C-]#[N+]c1ccc2[nH]cc(C3CC3CNCCc3cccnc3)c2c1. The van der Waals surface area contributed by atoms with Gasteiger partial charge in [0.2, 0.25) is 0 Å². The van der Waals surface area contributed by atoms with Crippen LogP contribution in [0.15, 0.2) is 48.9 Å². The van der Waals surface area contributed by atoms with Gasteiger partial charge in [0.05, 0.1) is 6.57 Å². The largest absolute Gasteiger partial charge is 0.361 e. The van der Waals surface area contributed by atoms with Crippen LogP contribution in [0.2, 0.25) is 0 Å². The highest BCUT2D eigenvalue weighted by Gasteiger charge is 2.39. The van der Waals surface area contributed by atoms with E-state index in [1.165, 1.54) is 22.9 Å². The molecule has 0 spiro atoms. The van der Waals surface area contributed by atoms with Crippen LogP contribution < -0.4 is 5.32 Å². The van der Waals surface area contributed by atoms with E-state index in [4.69, 9.17) is 6.57 Å². The lowest BCUT2D eigenvalue weighted by Crippen LogP contribution is -2.20. The quantitative estimate of drug-likeness (QED) is 0.532. The van der Waals surface area contributed by atoms with Crippen molar-refractivity contribution >= 4 is 16.6 Å². The van der Waals surface area contributed by atoms with Gasteiger partial charge in [0.25, 0.3) is 0 Å². The van der Waals surface area contributed by atoms with Crippen molar-refractivity contribution in [2.45, 2.75) is 18.8 Å². The molecule has 0 radical (unpaired) electrons. The number of H-pyrrole nitrogens is 1. The molecule has 24 heavy (non-hydrogen) atoms. The smallest absolute Gasteiger partial charge is 0.187 e. The molecule has 1 aromatic carbocycles. The molecule has 1 saturated carbocycles. The fraction of sp³-hybridized carbons (Fsp3) is 0.300. The average Bonchev–Trinajstić information content (AvgIpc) is 3.28. The summed E-state index contributed by atoms with van der Waals surface area (Å²) in [5, 5.41) is 4.79. The van der Waals surface area contributed by atoms with Crippen LogP contribution in [-0.2, 0) is 6.42 Å². The highest BCUT2D eigenvalue weighted by Crippen LogP contribution is 2.49. The maximum atomic E-state index is 7.19. The molecule has 120 valence electrons. The minimum absolute atomic E-state index is 0.616. The van der Waals surface area contributed by atoms with E-state index in [-0.39, 0.29) is 0 Å². The Labute approximate surface area is 141 Å². The first-order valence-corrected chi connectivity index (χ1v) is 8.43. The van der Waals surface area contributed by atoms with Crippen LogP contribution >= 0.6 is 0 Å². The normalized spacial score (nSPS) is 19.3. The number of rotatable bonds is 6. The Morgan fingerprint density at radius 3 is 3.12 bits per heavy atom. The number of pyridine rings is 1. The minimum Gasteiger partial charge on any atom is -0.361 e. The first-order chi connectivity index (χ1) is 11.8. The molecule has 4 nitrogen and oxygen atoms in total. The van der Waals surface area contributed by atoms with Crippen LogP contribution in [0.1, 0.15) is 23.5 Å². The summed E-state index contributed by atoms with van der Waals surface area (Å²) in [5.41, 5.74) is 4.50. The lowest BCUT2D eigenvalue weighted by atomic mass is 10.1. The Kier molecular flexibility index (Phi) is 4.02. The second-order valence-electron chi connectivity index (χ2n) is 6.50. The third kappa shape index (κ3) is 3.04. The van der Waals surface area contributed by atoms with Gasteiger partial charge in [0.1, 0.15) is 0 Å². The Balaban J connectivity index is 1.33. The summed E-state index contributed by atoms with van der Waals surface area (Å²) in [6, 6.07) is 10.0. The standard InChI is InChI=1S/C20H20N4/c1-21-16-4-5-20-18(10-16)19(13-24-20)17-9-15(17)12-23-8-6-14-3-2-7-22-11-14/h2-5,7,10-11,13,15,17,23-24H,6,8-9,12H2. The molecule has 4 heteroatoms. The van der Waals surface area contributed by atoms with Gasteiger partial charge in [-0.05, 0) is 72.5 Å². The van der Waals surface area contributed by atoms with Crippen molar-refractivity contribution in [2.75, 3.05) is 13.1 Å². The monoisotopic (exact) mass is 316 g/mol. The van der Waals surface area contributed by atoms with Gasteiger partial charge < -0.3 is 10.3 Å². The van der Waals surface area contributed by atoms with Gasteiger partial charge in [-0.2, -0.15) is 0 Å². The van der Waals surface area contributed by atoms with Crippen LogP contribution in [0.25, 0.3) is 15.7 Å². The van der Waals surface area contributed by atoms with Crippen LogP contribution in [0, 0.1) is 12.5 Å². The highest BCUT2D eigenvalue weighted by molar-refractivity contribution is 5.87. The molecule has 3 aromatic rings. The van der Waals surface area contributed by atoms with Crippen molar-refractivity contribution in [2.24, 2.45) is 5.92 Å². The second-order valence-corrected chi connectivity index (χ2v) is 6.50. The lowest BCUT2D eigenvalue weighted by Gasteiger charge is -2.04. The summed E-state index contributed by atoms with van der Waals surface area (Å²) in [4.78, 5) is 11.0. The molecule has 2 aromatic heterocycles. The van der Waals surface area contributed by atoms with Crippen LogP contribution in [0.3, 0.4) is 0 Å². The van der Waals surface area contributed by atoms with Gasteiger partial charge in [-0.25, -0.2) is 4.85 Å². The third-order valence-corrected chi connectivity index (χ3v) is 4.87. The Hall–Kier alpha value is -2.64. The van der Waals surface area contributed by atoms with Gasteiger partial charge in [-0.3, -0.25) is 4.98 Å². The van der Waals surface area contributed by atoms with E-state index < -0.39 is 0 Å². The molecule has 0 aliphatic heterocycles. The van der Waals surface area contributed by atoms with Crippen LogP contribution in [0.4, 0.5) is 5.69 Å². The zero-order valence-electron chi connectivity index (χ0n) is 13.5. The topological polar surface area (TPSA) is 45.1 Å². The van der Waals surface area contributed by atoms with E-state index in [0.717, 1.165) is 30.7 Å². The van der Waals surface area contributed by atoms with Crippen molar-refractivity contribution in [3.05, 3.63) is 71.5 Å². The Morgan fingerprint density at radius 2 is 2.29 bits per heavy atom. The molecule has 2 N–H and O–H groups in total. The maximum absolute atomic E-state index is 7.19. The predicted octanol–water partition coefficient (Wildman–Crippen LogP) is 4.05. The van der Waals surface area contributed by atoms with Crippen molar-refractivity contribution in [3.63, 3.8) is 0 Å². The molecule has 0 saturated heterocycles. The number of nitrogens with zero attached hydrogens (tertiary/aromatic N) is 2. The summed E-state index contributed by atoms with van der Waals surface area (Å²) in [6.07, 6.45) is 8.12. The first-order valence-electron chi connectivity index (χ1n) is 8.43. The number of hydrogen-bond acceptors (Lipinski definition) is 2. The van der Waals surface area contributed by atoms with Gasteiger partial charge >= 0.3 is 0 Å². The zero-order chi connectivity index (χ0) is 16.4. The molecule has 2 atom stereocenters. The summed E-state index contributed by atoms with van der Waals surface area (Å²) < 4.78 is 0. The van der Waals surface area contributed by atoms with Crippen molar-refractivity contribution in [1.29, 1.82) is 0 Å². The second kappa shape index (κ2) is 6.46. The van der Waals surface area contributed by atoms with Crippen molar-refractivity contribution in [3.8, 4) is 0 Å². The third-order valence-electron chi connectivity index (χ3n) is 4.87. The number of fused-ring (bicyclic) bond motifs is 1. The predicted molar refractivity (Wildman–Crippen MR) is 96.2 cm³/mol. The van der Waals surface area contributed by atoms with Gasteiger partial charge in [0.15, 0.2) is 5.69 Å². The van der Waals surface area contributed by atoms with Crippen LogP contribution in [-0.4, -0.2) is 23.1 Å². The van der Waals surface area contributed by atoms with Gasteiger partial charge in [-0.1, -0.05) is 12.1 Å². The van der Waals surface area contributed by atoms with Crippen LogP contribution in [0.5, 0.6) is 0 Å². The fourth-order valence-electron chi connectivity index (χ4n) is 3.43. The molecule has 0 amide bonds. The number of hydrogen-bond donors (Lipinski definition) is 2. The summed E-state index contributed by atoms with van der Waals surface area (Å²) >= 11 is 0. The number of aromatic nitrogens is 2. The van der Waals surface area contributed by atoms with E-state index >= 15 is 0 Å². The van der Waals surface area contributed by atoms with Gasteiger partial charge in [-0.15, -0.1) is 0 Å². The lowest BCUT2D eigenvalue weighted by molar-refractivity contribution is 0.627. The van der Waals surface area contributed by atoms with E-state index in [1.54, 1.807) is 0 Å². The van der Waals surface area contributed by atoms with E-state index in [1.807, 2.05) is 36.7 Å². The molecule has 2 unspecified atom stereocenters. The van der Waals surface area contributed by atoms with Gasteiger partial charge in [0, 0.05) is 24.1 Å². The van der Waals surface area contributed by atoms with E-state index in [2.05, 4.69) is 32.4 Å². The molecular formula is C20H20N4. The molecule has 4 rings (SSSR count). The number of nitrogens with one attached hydrogen (secondary N) is 2. The van der Waals surface area contributed by atoms with E-state index in [9.17, 15) is 0 Å². The molecular weight excluding hydrogens is 296 g/mol. The number of aromatic amines is 1. The molecule has 1 aliphatic rings. The number of benzene rings is 1. The highest BCUT2D eigenvalue weighted by atomic mass is 14.9. The summed E-state index contributed by atoms with van der Waals surface area (Å²) in [7, 11) is 0. The summed E-state index contributed by atoms with van der Waals surface area (Å²) in [5.74, 6) is 1.32. The Morgan fingerprint density at radius 1 is 1.33 bits per heavy atom. The molecule has 1 aliphatic carbocycles. The van der Waals surface area contributed by atoms with Crippen molar-refractivity contribution in [1.82, 2.24) is 15.3 Å². The molecule has 0 bridgehead atoms. The Bertz CT molecular complexity index is 876. The first kappa shape index (κ1) is 14.9. The minimum atomic E-state index is 0.616. The fourth-order valence-corrected chi connectivity index (χ4v) is 3.43. The maximum Gasteiger partial charge on any atom is 0.187 e. The molecule has 1 fully saturated rings. The van der Waals surface area contributed by atoms with E-state index in [0.29, 0.717) is 11.8 Å². The zero-order valence-corrected chi connectivity index (χ0v) is 13.5. The van der Waals surface area contributed by atoms with Crippen molar-refractivity contribution < 1.29 is 0 Å². The molecule has 2 heterocycles. The average molecular weight is 316 g/mol.